The number of nitrogens with one attached hydrogen (secondary N) is 1. The molecule has 0 unspecified atom stereocenters. The largest absolute Gasteiger partial charge is 0.491 e. The van der Waals surface area contributed by atoms with Crippen molar-refractivity contribution in [3.8, 4) is 5.75 Å². The number of ether oxygens (including phenoxy) is 1. The molecule has 2 aromatic carbocycles. The Bertz CT molecular complexity index is 851. The first-order valence-corrected chi connectivity index (χ1v) is 10.1. The first-order valence-electron chi connectivity index (χ1n) is 8.24. The quantitative estimate of drug-likeness (QED) is 0.806. The molecule has 0 radical (unpaired) electrons. The average molecular weight is 376 g/mol. The fourth-order valence-electron chi connectivity index (χ4n) is 2.48. The van der Waals surface area contributed by atoms with Gasteiger partial charge in [-0.25, -0.2) is 8.42 Å². The fraction of sp³-hybridized carbons (Fsp3) is 0.316. The van der Waals surface area contributed by atoms with Crippen molar-refractivity contribution in [1.82, 2.24) is 4.31 Å². The van der Waals surface area contributed by atoms with Gasteiger partial charge in [0.15, 0.2) is 0 Å². The fourth-order valence-corrected chi connectivity index (χ4v) is 3.08. The van der Waals surface area contributed by atoms with Crippen molar-refractivity contribution in [2.75, 3.05) is 18.6 Å². The summed E-state index contributed by atoms with van der Waals surface area (Å²) in [6.45, 7) is 3.83. The Hall–Kier alpha value is -2.38. The number of hydrogen-bond donors (Lipinski definition) is 1. The lowest BCUT2D eigenvalue weighted by molar-refractivity contribution is -0.119. The number of anilines is 1. The van der Waals surface area contributed by atoms with Crippen LogP contribution in [0.25, 0.3) is 0 Å². The molecule has 1 atom stereocenters. The maximum absolute atomic E-state index is 12.9. The summed E-state index contributed by atoms with van der Waals surface area (Å²) in [4.78, 5) is 12.9. The highest BCUT2D eigenvalue weighted by Crippen LogP contribution is 2.25. The van der Waals surface area contributed by atoms with Gasteiger partial charge < -0.3 is 10.1 Å². The van der Waals surface area contributed by atoms with Crippen LogP contribution in [0.1, 0.15) is 25.5 Å². The molecule has 0 spiro atoms. The summed E-state index contributed by atoms with van der Waals surface area (Å²) in [6.07, 6.45) is 1.09. The molecule has 1 N–H and O–H groups in total. The predicted octanol–water partition coefficient (Wildman–Crippen LogP) is 3.05. The Labute approximate surface area is 154 Å². The molecular weight excluding hydrogens is 352 g/mol. The van der Waals surface area contributed by atoms with Gasteiger partial charge in [-0.15, -0.1) is 0 Å². The molecule has 0 bridgehead atoms. The van der Waals surface area contributed by atoms with Crippen molar-refractivity contribution < 1.29 is 17.9 Å². The number of carbonyl (C=O) groups excluding carboxylic acids is 1. The maximum Gasteiger partial charge on any atom is 0.247 e. The molecule has 0 saturated heterocycles. The lowest BCUT2D eigenvalue weighted by atomic mass is 10.1. The standard InChI is InChI=1S/C19H24N2O4S/c1-14(2)25-17-12-8-11-16(13-17)20-19(22)18(21(3)26(4,23)24)15-9-6-5-7-10-15/h5-14,18H,1-4H3,(H,20,22)/t18-/m0/s1. The van der Waals surface area contributed by atoms with Crippen LogP contribution in [0.2, 0.25) is 0 Å². The van der Waals surface area contributed by atoms with Gasteiger partial charge in [0, 0.05) is 18.8 Å². The monoisotopic (exact) mass is 376 g/mol. The van der Waals surface area contributed by atoms with Gasteiger partial charge in [-0.2, -0.15) is 4.31 Å². The third-order valence-corrected chi connectivity index (χ3v) is 4.98. The van der Waals surface area contributed by atoms with Crippen LogP contribution in [0, 0.1) is 0 Å². The number of likely N-dealkylation sites (N-methyl/N-ethyl adjacent to an activating group) is 1. The Morgan fingerprint density at radius 1 is 1.08 bits per heavy atom. The van der Waals surface area contributed by atoms with Crippen LogP contribution in [-0.2, 0) is 14.8 Å². The molecule has 140 valence electrons. The van der Waals surface area contributed by atoms with E-state index in [4.69, 9.17) is 4.74 Å². The van der Waals surface area contributed by atoms with Gasteiger partial charge >= 0.3 is 0 Å². The minimum atomic E-state index is -3.56. The van der Waals surface area contributed by atoms with Crippen LogP contribution in [0.5, 0.6) is 5.75 Å². The third kappa shape index (κ3) is 5.31. The van der Waals surface area contributed by atoms with Gasteiger partial charge in [0.2, 0.25) is 15.9 Å². The van der Waals surface area contributed by atoms with Crippen LogP contribution in [0.4, 0.5) is 5.69 Å². The van der Waals surface area contributed by atoms with Crippen molar-refractivity contribution >= 4 is 21.6 Å². The summed E-state index contributed by atoms with van der Waals surface area (Å²) in [5.74, 6) is 0.191. The second kappa shape index (κ2) is 8.33. The molecular formula is C19H24N2O4S. The van der Waals surface area contributed by atoms with Gasteiger partial charge in [-0.1, -0.05) is 36.4 Å². The summed E-state index contributed by atoms with van der Waals surface area (Å²) in [5.41, 5.74) is 1.13. The van der Waals surface area contributed by atoms with E-state index in [-0.39, 0.29) is 6.10 Å². The van der Waals surface area contributed by atoms with Crippen LogP contribution in [0.3, 0.4) is 0 Å². The minimum Gasteiger partial charge on any atom is -0.491 e. The summed E-state index contributed by atoms with van der Waals surface area (Å²) >= 11 is 0. The van der Waals surface area contributed by atoms with Gasteiger partial charge in [0.05, 0.1) is 12.4 Å². The zero-order valence-electron chi connectivity index (χ0n) is 15.3. The molecule has 0 heterocycles. The number of amides is 1. The topological polar surface area (TPSA) is 75.7 Å². The molecule has 1 amide bonds. The number of nitrogens with zero attached hydrogens (tertiary/aromatic N) is 1. The minimum absolute atomic E-state index is 0.00869. The highest BCUT2D eigenvalue weighted by Gasteiger charge is 2.30. The maximum atomic E-state index is 12.9. The van der Waals surface area contributed by atoms with E-state index < -0.39 is 22.0 Å². The van der Waals surface area contributed by atoms with Crippen molar-refractivity contribution in [3.63, 3.8) is 0 Å². The first-order chi connectivity index (χ1) is 12.2. The van der Waals surface area contributed by atoms with E-state index in [0.29, 0.717) is 17.0 Å². The van der Waals surface area contributed by atoms with E-state index in [9.17, 15) is 13.2 Å². The van der Waals surface area contributed by atoms with Crippen LogP contribution in [-0.4, -0.2) is 38.0 Å². The van der Waals surface area contributed by atoms with Crippen molar-refractivity contribution in [1.29, 1.82) is 0 Å². The van der Waals surface area contributed by atoms with E-state index in [1.54, 1.807) is 48.5 Å². The summed E-state index contributed by atoms with van der Waals surface area (Å²) < 4.78 is 30.7. The van der Waals surface area contributed by atoms with Gasteiger partial charge in [-0.3, -0.25) is 4.79 Å². The number of hydrogen-bond acceptors (Lipinski definition) is 4. The van der Waals surface area contributed by atoms with Gasteiger partial charge in [0.25, 0.3) is 0 Å². The molecule has 0 aromatic heterocycles. The highest BCUT2D eigenvalue weighted by atomic mass is 32.2. The third-order valence-electron chi connectivity index (χ3n) is 3.72. The Morgan fingerprint density at radius 3 is 2.31 bits per heavy atom. The molecule has 7 heteroatoms. The van der Waals surface area contributed by atoms with E-state index in [1.165, 1.54) is 7.05 Å². The zero-order valence-corrected chi connectivity index (χ0v) is 16.2. The Balaban J connectivity index is 2.30. The Kier molecular flexibility index (Phi) is 6.39. The molecule has 0 aliphatic rings. The molecule has 0 fully saturated rings. The number of benzene rings is 2. The van der Waals surface area contributed by atoms with Crippen molar-refractivity contribution in [2.45, 2.75) is 26.0 Å². The second-order valence-corrected chi connectivity index (χ2v) is 8.32. The molecule has 2 aromatic rings. The first kappa shape index (κ1) is 19.9. The molecule has 0 aliphatic carbocycles. The molecule has 0 aliphatic heterocycles. The number of rotatable bonds is 7. The van der Waals surface area contributed by atoms with Crippen LogP contribution in [0.15, 0.2) is 54.6 Å². The highest BCUT2D eigenvalue weighted by molar-refractivity contribution is 7.88. The van der Waals surface area contributed by atoms with E-state index in [2.05, 4.69) is 5.32 Å². The zero-order chi connectivity index (χ0) is 19.3. The van der Waals surface area contributed by atoms with Gasteiger partial charge in [-0.05, 0) is 31.5 Å². The van der Waals surface area contributed by atoms with Crippen LogP contribution >= 0.6 is 0 Å². The van der Waals surface area contributed by atoms with E-state index in [1.807, 2.05) is 19.9 Å². The predicted molar refractivity (Wildman–Crippen MR) is 103 cm³/mol. The second-order valence-electron chi connectivity index (χ2n) is 6.28. The van der Waals surface area contributed by atoms with E-state index >= 15 is 0 Å². The number of sulfonamides is 1. The lowest BCUT2D eigenvalue weighted by Gasteiger charge is -2.25. The molecule has 0 saturated carbocycles. The van der Waals surface area contributed by atoms with Crippen molar-refractivity contribution in [3.05, 3.63) is 60.2 Å². The van der Waals surface area contributed by atoms with Crippen LogP contribution < -0.4 is 10.1 Å². The molecule has 6 nitrogen and oxygen atoms in total. The van der Waals surface area contributed by atoms with E-state index in [0.717, 1.165) is 10.6 Å². The SMILES string of the molecule is CC(C)Oc1cccc(NC(=O)[C@H](c2ccccc2)N(C)S(C)(=O)=O)c1. The summed E-state index contributed by atoms with van der Waals surface area (Å²) in [7, 11) is -2.17. The Morgan fingerprint density at radius 2 is 1.73 bits per heavy atom. The lowest BCUT2D eigenvalue weighted by Crippen LogP contribution is -2.38. The summed E-state index contributed by atoms with van der Waals surface area (Å²) in [6, 6.07) is 14.8. The number of carbonyl (C=O) groups is 1. The molecule has 26 heavy (non-hydrogen) atoms. The van der Waals surface area contributed by atoms with Gasteiger partial charge in [0.1, 0.15) is 11.8 Å². The molecule has 2 rings (SSSR count). The smallest absolute Gasteiger partial charge is 0.247 e. The van der Waals surface area contributed by atoms with Crippen molar-refractivity contribution in [2.24, 2.45) is 0 Å². The normalized spacial score (nSPS) is 12.8. The average Bonchev–Trinajstić information content (AvgIpc) is 2.54. The summed E-state index contributed by atoms with van der Waals surface area (Å²) in [5, 5.41) is 2.78.